The van der Waals surface area contributed by atoms with E-state index in [0.29, 0.717) is 0 Å². The van der Waals surface area contributed by atoms with Crippen molar-refractivity contribution in [2.75, 3.05) is 0 Å². The van der Waals surface area contributed by atoms with E-state index < -0.39 is 71.6 Å². The molecular weight excluding hydrogens is 578 g/mol. The average Bonchev–Trinajstić information content (AvgIpc) is 2.46. The maximum atomic E-state index is 13.5. The summed E-state index contributed by atoms with van der Waals surface area (Å²) in [6.45, 7) is 0. The molecule has 0 amide bonds. The smallest absolute Gasteiger partial charge is 0.400 e. The molecule has 0 saturated heterocycles. The first kappa shape index (κ1) is 32.7. The van der Waals surface area contributed by atoms with Gasteiger partial charge in [-0.05, 0) is 0 Å². The molecule has 0 aromatic heterocycles. The minimum Gasteiger partial charge on any atom is -0.400 e. The van der Waals surface area contributed by atoms with E-state index in [0.717, 1.165) is 0 Å². The van der Waals surface area contributed by atoms with Gasteiger partial charge in [0.2, 0.25) is 11.7 Å². The molecule has 0 radical (unpaired) electrons. The van der Waals surface area contributed by atoms with Gasteiger partial charge in [0.1, 0.15) is 0 Å². The minimum atomic E-state index is -8.07. The van der Waals surface area contributed by atoms with Crippen LogP contribution in [0.5, 0.6) is 0 Å². The lowest BCUT2D eigenvalue weighted by Crippen LogP contribution is -2.60. The molecule has 1 nitrogen and oxygen atoms in total. The zero-order valence-electron chi connectivity index (χ0n) is 14.7. The maximum absolute atomic E-state index is 13.5. The van der Waals surface area contributed by atoms with Gasteiger partial charge in [-0.15, -0.1) is 0 Å². The molecule has 208 valence electrons. The van der Waals surface area contributed by atoms with Gasteiger partial charge in [0.25, 0.3) is 0 Å². The Hall–Kier alpha value is -2.26. The summed E-state index contributed by atoms with van der Waals surface area (Å²) in [4.78, 5) is 0. The van der Waals surface area contributed by atoms with Crippen molar-refractivity contribution in [3.8, 4) is 0 Å². The normalized spacial score (nSPS) is 17.2. The van der Waals surface area contributed by atoms with Crippen molar-refractivity contribution in [3.63, 3.8) is 0 Å². The Bertz CT molecular complexity index is 693. The highest BCUT2D eigenvalue weighted by atomic mass is 19.4. The number of halogens is 22. The number of rotatable bonds is 4. The summed E-state index contributed by atoms with van der Waals surface area (Å²) in [5.41, 5.74) is -16.1. The molecule has 0 saturated carbocycles. The molecule has 0 fully saturated rings. The molecule has 0 N–H and O–H groups in total. The summed E-state index contributed by atoms with van der Waals surface area (Å²) in [7, 11) is 0. The SMILES string of the molecule is FC(OC(F)=C(F)C(C(F)(F)F)(C(F)(F)F)C(F)(F)F)=C(F)C(C(F)(F)F)(C(F)(F)F)C(F)(F)F. The molecule has 0 spiro atoms. The van der Waals surface area contributed by atoms with E-state index >= 15 is 0 Å². The summed E-state index contributed by atoms with van der Waals surface area (Å²) >= 11 is 0. The van der Waals surface area contributed by atoms with E-state index in [1.807, 2.05) is 4.74 Å². The summed E-state index contributed by atoms with van der Waals surface area (Å²) in [5.74, 6) is -10.9. The molecule has 0 atom stereocenters. The van der Waals surface area contributed by atoms with Crippen LogP contribution in [0, 0.1) is 10.8 Å². The Morgan fingerprint density at radius 3 is 0.571 bits per heavy atom. The minimum absolute atomic E-state index is 1.83. The second-order valence-electron chi connectivity index (χ2n) is 5.76. The average molecular weight is 578 g/mol. The molecule has 0 bridgehead atoms. The Balaban J connectivity index is 7.49. The van der Waals surface area contributed by atoms with Gasteiger partial charge in [-0.3, -0.25) is 0 Å². The molecule has 35 heavy (non-hydrogen) atoms. The number of allylic oxidation sites excluding steroid dienone is 2. The lowest BCUT2D eigenvalue weighted by atomic mass is 9.83. The first-order valence-corrected chi connectivity index (χ1v) is 7.07. The van der Waals surface area contributed by atoms with Crippen molar-refractivity contribution in [1.29, 1.82) is 0 Å². The Labute approximate surface area is 174 Å². The van der Waals surface area contributed by atoms with Gasteiger partial charge in [-0.25, -0.2) is 8.78 Å². The van der Waals surface area contributed by atoms with Crippen molar-refractivity contribution in [1.82, 2.24) is 0 Å². The third-order valence-electron chi connectivity index (χ3n) is 3.73. The molecular formula is C12F22O. The molecule has 0 unspecified atom stereocenters. The number of alkyl halides is 18. The van der Waals surface area contributed by atoms with Gasteiger partial charge in [0.05, 0.1) is 0 Å². The van der Waals surface area contributed by atoms with Crippen LogP contribution in [0.4, 0.5) is 96.6 Å². The number of hydrogen-bond donors (Lipinski definition) is 0. The molecule has 0 aliphatic carbocycles. The molecule has 23 heteroatoms. The molecule has 0 aliphatic rings. The zero-order chi connectivity index (χ0) is 29.0. The second-order valence-corrected chi connectivity index (χ2v) is 5.76. The Morgan fingerprint density at radius 1 is 0.314 bits per heavy atom. The van der Waals surface area contributed by atoms with Crippen LogP contribution >= 0.6 is 0 Å². The predicted octanol–water partition coefficient (Wildman–Crippen LogP) is 8.57. The van der Waals surface area contributed by atoms with Crippen LogP contribution in [-0.2, 0) is 4.74 Å². The number of hydrogen-bond acceptors (Lipinski definition) is 1. The Morgan fingerprint density at radius 2 is 0.457 bits per heavy atom. The maximum Gasteiger partial charge on any atom is 0.418 e. The topological polar surface area (TPSA) is 9.23 Å². The summed E-state index contributed by atoms with van der Waals surface area (Å²) in [6.07, 6.45) is -48.4. The lowest BCUT2D eigenvalue weighted by Gasteiger charge is -2.37. The summed E-state index contributed by atoms with van der Waals surface area (Å²) in [6, 6.07) is -9.99. The van der Waals surface area contributed by atoms with E-state index in [1.54, 1.807) is 0 Å². The molecule has 0 heterocycles. The summed E-state index contributed by atoms with van der Waals surface area (Å²) < 4.78 is 282. The molecule has 0 aromatic rings. The van der Waals surface area contributed by atoms with Crippen molar-refractivity contribution >= 4 is 0 Å². The van der Waals surface area contributed by atoms with Gasteiger partial charge in [-0.1, -0.05) is 0 Å². The van der Waals surface area contributed by atoms with Crippen LogP contribution in [-0.4, -0.2) is 37.1 Å². The van der Waals surface area contributed by atoms with Gasteiger partial charge in [0.15, 0.2) is 0 Å². The lowest BCUT2D eigenvalue weighted by molar-refractivity contribution is -0.417. The van der Waals surface area contributed by atoms with Crippen LogP contribution in [0.2, 0.25) is 0 Å². The van der Waals surface area contributed by atoms with Gasteiger partial charge >= 0.3 is 59.9 Å². The first-order valence-electron chi connectivity index (χ1n) is 7.07. The van der Waals surface area contributed by atoms with Crippen LogP contribution < -0.4 is 0 Å². The van der Waals surface area contributed by atoms with Crippen molar-refractivity contribution < 1.29 is 101 Å². The van der Waals surface area contributed by atoms with Gasteiger partial charge in [0, 0.05) is 0 Å². The van der Waals surface area contributed by atoms with E-state index in [-0.39, 0.29) is 0 Å². The third kappa shape index (κ3) is 4.89. The largest absolute Gasteiger partial charge is 0.418 e. The zero-order valence-corrected chi connectivity index (χ0v) is 14.7. The quantitative estimate of drug-likeness (QED) is 0.240. The third-order valence-corrected chi connectivity index (χ3v) is 3.73. The highest BCUT2D eigenvalue weighted by molar-refractivity contribution is 5.23. The molecule has 0 rings (SSSR count). The van der Waals surface area contributed by atoms with Crippen LogP contribution in [0.15, 0.2) is 23.7 Å². The molecule has 0 aromatic carbocycles. The molecule has 0 aliphatic heterocycles. The van der Waals surface area contributed by atoms with Gasteiger partial charge in [-0.2, -0.15) is 87.8 Å². The Kier molecular flexibility index (Phi) is 8.13. The fraction of sp³-hybridized carbons (Fsp3) is 0.667. The van der Waals surface area contributed by atoms with Gasteiger partial charge < -0.3 is 4.74 Å². The fourth-order valence-corrected chi connectivity index (χ4v) is 2.17. The van der Waals surface area contributed by atoms with Crippen LogP contribution in [0.3, 0.4) is 0 Å². The first-order chi connectivity index (χ1) is 14.9. The predicted molar refractivity (Wildman–Crippen MR) is 60.8 cm³/mol. The van der Waals surface area contributed by atoms with Crippen molar-refractivity contribution in [3.05, 3.63) is 23.7 Å². The highest BCUT2D eigenvalue weighted by Crippen LogP contribution is 2.66. The standard InChI is InChI=1S/C12F22O/c13-1(5(7(17,18)19,8(20,21)22)9(23,24)25)3(15)35-4(16)2(14)6(10(26,27)28,11(29,30)31)12(32,33)34. The number of ether oxygens (including phenoxy) is 1. The van der Waals surface area contributed by atoms with Crippen molar-refractivity contribution in [2.45, 2.75) is 37.1 Å². The highest BCUT2D eigenvalue weighted by Gasteiger charge is 2.88. The second kappa shape index (κ2) is 8.69. The van der Waals surface area contributed by atoms with Crippen molar-refractivity contribution in [2.24, 2.45) is 10.8 Å². The van der Waals surface area contributed by atoms with E-state index in [4.69, 9.17) is 0 Å². The fourth-order valence-electron chi connectivity index (χ4n) is 2.17. The summed E-state index contributed by atoms with van der Waals surface area (Å²) in [5, 5.41) is 0. The van der Waals surface area contributed by atoms with E-state index in [2.05, 4.69) is 0 Å². The monoisotopic (exact) mass is 578 g/mol. The van der Waals surface area contributed by atoms with Crippen LogP contribution in [0.25, 0.3) is 0 Å². The van der Waals surface area contributed by atoms with Crippen LogP contribution in [0.1, 0.15) is 0 Å². The van der Waals surface area contributed by atoms with E-state index in [9.17, 15) is 96.6 Å². The van der Waals surface area contributed by atoms with E-state index in [1.165, 1.54) is 0 Å².